The molecule has 2 unspecified atom stereocenters. The van der Waals surface area contributed by atoms with Gasteiger partial charge in [0.2, 0.25) is 11.8 Å². The predicted octanol–water partition coefficient (Wildman–Crippen LogP) is 3.79. The molecule has 7 nitrogen and oxygen atoms in total. The van der Waals surface area contributed by atoms with Gasteiger partial charge in [0.25, 0.3) is 0 Å². The summed E-state index contributed by atoms with van der Waals surface area (Å²) in [6, 6.07) is 14.6. The number of benzene rings is 2. The number of carbonyl (C=O) groups excluding carboxylic acids is 3. The van der Waals surface area contributed by atoms with Gasteiger partial charge in [0.1, 0.15) is 17.7 Å². The van der Waals surface area contributed by atoms with Crippen LogP contribution in [0.15, 0.2) is 54.6 Å². The summed E-state index contributed by atoms with van der Waals surface area (Å²) in [6.45, 7) is 9.13. The summed E-state index contributed by atoms with van der Waals surface area (Å²) in [4.78, 5) is 40.3. The number of ether oxygens (including phenoxy) is 1. The zero-order valence-electron chi connectivity index (χ0n) is 20.4. The van der Waals surface area contributed by atoms with Crippen molar-refractivity contribution in [2.45, 2.75) is 58.8 Å². The maximum absolute atomic E-state index is 13.4. The molecule has 2 aromatic rings. The number of likely N-dealkylation sites (N-methyl/N-ethyl adjacent to an activating group) is 1. The van der Waals surface area contributed by atoms with E-state index in [-0.39, 0.29) is 12.5 Å². The number of nitrogens with zero attached hydrogens (tertiary/aromatic N) is 1. The highest BCUT2D eigenvalue weighted by molar-refractivity contribution is 5.92. The van der Waals surface area contributed by atoms with Crippen LogP contribution in [0.2, 0.25) is 0 Å². The molecular formula is C27H33N3O4. The van der Waals surface area contributed by atoms with Gasteiger partial charge in [-0.3, -0.25) is 9.59 Å². The average molecular weight is 464 g/mol. The summed E-state index contributed by atoms with van der Waals surface area (Å²) < 4.78 is 5.26. The zero-order chi connectivity index (χ0) is 25.3. The number of hydrogen-bond acceptors (Lipinski definition) is 4. The van der Waals surface area contributed by atoms with E-state index in [9.17, 15) is 14.4 Å². The van der Waals surface area contributed by atoms with E-state index < -0.39 is 29.7 Å². The Morgan fingerprint density at radius 3 is 2.21 bits per heavy atom. The first-order valence-electron chi connectivity index (χ1n) is 11.2. The van der Waals surface area contributed by atoms with Gasteiger partial charge in [0.05, 0.1) is 0 Å². The van der Waals surface area contributed by atoms with Gasteiger partial charge in [-0.15, -0.1) is 6.42 Å². The number of carbonyl (C=O) groups is 3. The van der Waals surface area contributed by atoms with E-state index in [2.05, 4.69) is 16.6 Å². The summed E-state index contributed by atoms with van der Waals surface area (Å²) >= 11 is 0. The van der Waals surface area contributed by atoms with Crippen LogP contribution in [0.4, 0.5) is 4.79 Å². The standard InChI is InChI=1S/C27H33N3O4/c1-7-20-14-16-22(17-15-20)23(24(31)28-18-21-12-10-9-11-13-21)30(8-2)25(32)19(3)29-26(33)34-27(4,5)6/h1,9-17,19,23H,8,18H2,2-6H3,(H,28,31)(H,29,33). The Hall–Kier alpha value is -3.79. The molecule has 3 amide bonds. The van der Waals surface area contributed by atoms with Gasteiger partial charge in [0, 0.05) is 18.7 Å². The molecule has 0 bridgehead atoms. The molecular weight excluding hydrogens is 430 g/mol. The summed E-state index contributed by atoms with van der Waals surface area (Å²) in [5.74, 6) is 1.81. The lowest BCUT2D eigenvalue weighted by Crippen LogP contribution is -2.51. The number of terminal acetylenes is 1. The van der Waals surface area contributed by atoms with Crippen molar-refractivity contribution in [2.24, 2.45) is 0 Å². The van der Waals surface area contributed by atoms with Crippen molar-refractivity contribution in [1.82, 2.24) is 15.5 Å². The lowest BCUT2D eigenvalue weighted by atomic mass is 10.0. The first-order chi connectivity index (χ1) is 16.1. The van der Waals surface area contributed by atoms with Crippen LogP contribution in [0.3, 0.4) is 0 Å². The van der Waals surface area contributed by atoms with Gasteiger partial charge in [-0.05, 0) is 57.9 Å². The first-order valence-corrected chi connectivity index (χ1v) is 11.2. The third kappa shape index (κ3) is 7.66. The van der Waals surface area contributed by atoms with Crippen LogP contribution in [0, 0.1) is 12.3 Å². The largest absolute Gasteiger partial charge is 0.444 e. The number of hydrogen-bond donors (Lipinski definition) is 2. The summed E-state index contributed by atoms with van der Waals surface area (Å²) in [7, 11) is 0. The summed E-state index contributed by atoms with van der Waals surface area (Å²) in [5, 5.41) is 5.48. The van der Waals surface area contributed by atoms with Gasteiger partial charge in [0.15, 0.2) is 0 Å². The molecule has 34 heavy (non-hydrogen) atoms. The molecule has 180 valence electrons. The highest BCUT2D eigenvalue weighted by atomic mass is 16.6. The third-order valence-electron chi connectivity index (χ3n) is 4.99. The Kier molecular flexibility index (Phi) is 9.26. The van der Waals surface area contributed by atoms with Crippen LogP contribution < -0.4 is 10.6 Å². The molecule has 2 rings (SSSR count). The first kappa shape index (κ1) is 26.5. The van der Waals surface area contributed by atoms with Crippen LogP contribution >= 0.6 is 0 Å². The molecule has 2 N–H and O–H groups in total. The predicted molar refractivity (Wildman–Crippen MR) is 132 cm³/mol. The van der Waals surface area contributed by atoms with Crippen molar-refractivity contribution >= 4 is 17.9 Å². The molecule has 0 aliphatic carbocycles. The second kappa shape index (κ2) is 11.9. The van der Waals surface area contributed by atoms with E-state index in [0.29, 0.717) is 17.7 Å². The molecule has 0 radical (unpaired) electrons. The lowest BCUT2D eigenvalue weighted by Gasteiger charge is -2.32. The number of nitrogens with one attached hydrogen (secondary N) is 2. The quantitative estimate of drug-likeness (QED) is 0.583. The Balaban J connectivity index is 2.28. The maximum atomic E-state index is 13.4. The molecule has 0 aromatic heterocycles. The fourth-order valence-corrected chi connectivity index (χ4v) is 3.38. The minimum atomic E-state index is -0.907. The molecule has 0 aliphatic rings. The zero-order valence-corrected chi connectivity index (χ0v) is 20.4. The van der Waals surface area contributed by atoms with Gasteiger partial charge in [-0.2, -0.15) is 0 Å². The molecule has 0 aliphatic heterocycles. The van der Waals surface area contributed by atoms with Crippen LogP contribution in [0.1, 0.15) is 57.4 Å². The third-order valence-corrected chi connectivity index (χ3v) is 4.99. The van der Waals surface area contributed by atoms with Crippen molar-refractivity contribution in [3.63, 3.8) is 0 Å². The lowest BCUT2D eigenvalue weighted by molar-refractivity contribution is -0.142. The fourth-order valence-electron chi connectivity index (χ4n) is 3.38. The minimum absolute atomic E-state index is 0.249. The molecule has 0 fully saturated rings. The summed E-state index contributed by atoms with van der Waals surface area (Å²) in [5.41, 5.74) is 1.52. The average Bonchev–Trinajstić information content (AvgIpc) is 2.80. The number of alkyl carbamates (subject to hydrolysis) is 1. The van der Waals surface area contributed by atoms with Crippen LogP contribution in [-0.4, -0.2) is 41.0 Å². The highest BCUT2D eigenvalue weighted by Crippen LogP contribution is 2.23. The number of amides is 3. The minimum Gasteiger partial charge on any atom is -0.444 e. The van der Waals surface area contributed by atoms with Crippen LogP contribution in [0.25, 0.3) is 0 Å². The topological polar surface area (TPSA) is 87.7 Å². The van der Waals surface area contributed by atoms with Gasteiger partial charge < -0.3 is 20.3 Å². The van der Waals surface area contributed by atoms with Crippen molar-refractivity contribution in [1.29, 1.82) is 0 Å². The Morgan fingerprint density at radius 1 is 1.06 bits per heavy atom. The molecule has 0 saturated carbocycles. The van der Waals surface area contributed by atoms with E-state index in [0.717, 1.165) is 5.56 Å². The van der Waals surface area contributed by atoms with E-state index in [1.54, 1.807) is 58.9 Å². The molecule has 0 saturated heterocycles. The van der Waals surface area contributed by atoms with Crippen molar-refractivity contribution in [3.8, 4) is 12.3 Å². The summed E-state index contributed by atoms with van der Waals surface area (Å²) in [6.07, 6.45) is 4.76. The SMILES string of the molecule is C#Cc1ccc(C(C(=O)NCc2ccccc2)N(CC)C(=O)C(C)NC(=O)OC(C)(C)C)cc1. The Labute approximate surface area is 201 Å². The van der Waals surface area contributed by atoms with Gasteiger partial charge in [-0.25, -0.2) is 4.79 Å². The number of rotatable bonds is 8. The smallest absolute Gasteiger partial charge is 0.408 e. The van der Waals surface area contributed by atoms with E-state index in [1.807, 2.05) is 30.3 Å². The molecule has 0 spiro atoms. The Bertz CT molecular complexity index is 1020. The van der Waals surface area contributed by atoms with E-state index >= 15 is 0 Å². The second-order valence-corrected chi connectivity index (χ2v) is 8.86. The molecule has 7 heteroatoms. The highest BCUT2D eigenvalue weighted by Gasteiger charge is 2.33. The maximum Gasteiger partial charge on any atom is 0.408 e. The monoisotopic (exact) mass is 463 g/mol. The molecule has 2 aromatic carbocycles. The van der Waals surface area contributed by atoms with Crippen molar-refractivity contribution in [2.75, 3.05) is 6.54 Å². The second-order valence-electron chi connectivity index (χ2n) is 8.86. The Morgan fingerprint density at radius 2 is 1.68 bits per heavy atom. The normalized spacial score (nSPS) is 12.6. The van der Waals surface area contributed by atoms with Crippen molar-refractivity contribution in [3.05, 3.63) is 71.3 Å². The van der Waals surface area contributed by atoms with Gasteiger partial charge >= 0.3 is 6.09 Å². The van der Waals surface area contributed by atoms with E-state index in [4.69, 9.17) is 11.2 Å². The fraction of sp³-hybridized carbons (Fsp3) is 0.370. The van der Waals surface area contributed by atoms with Crippen LogP contribution in [0.5, 0.6) is 0 Å². The van der Waals surface area contributed by atoms with E-state index in [1.165, 1.54) is 4.90 Å². The van der Waals surface area contributed by atoms with Crippen LogP contribution in [-0.2, 0) is 20.9 Å². The molecule has 2 atom stereocenters. The molecule has 0 heterocycles. The van der Waals surface area contributed by atoms with Crippen molar-refractivity contribution < 1.29 is 19.1 Å². The van der Waals surface area contributed by atoms with Gasteiger partial charge in [-0.1, -0.05) is 48.4 Å².